The minimum absolute atomic E-state index is 0.141. The number of hydrogen-bond donors (Lipinski definition) is 0. The molecule has 1 aliphatic rings. The molecule has 2 atom stereocenters. The molecule has 1 fully saturated rings. The number of anilines is 1. The van der Waals surface area contributed by atoms with E-state index in [1.54, 1.807) is 7.11 Å². The van der Waals surface area contributed by atoms with Crippen molar-refractivity contribution in [3.8, 4) is 11.6 Å². The van der Waals surface area contributed by atoms with Crippen LogP contribution in [0.25, 0.3) is 5.82 Å². The van der Waals surface area contributed by atoms with E-state index in [2.05, 4.69) is 69.3 Å². The Bertz CT molecular complexity index is 1070. The van der Waals surface area contributed by atoms with E-state index in [0.717, 1.165) is 28.6 Å². The molecule has 0 aliphatic carbocycles. The Morgan fingerprint density at radius 1 is 1.08 bits per heavy atom. The van der Waals surface area contributed by atoms with Gasteiger partial charge in [-0.15, -0.1) is 0 Å². The van der Waals surface area contributed by atoms with Crippen molar-refractivity contribution in [2.24, 2.45) is 5.41 Å². The molecular weight excluding hydrogens is 484 g/mol. The quantitative estimate of drug-likeness (QED) is 0.470. The number of nitrogens with zero attached hydrogens (tertiary/aromatic N) is 4. The first-order chi connectivity index (χ1) is 17.1. The number of ether oxygens (including phenoxy) is 2. The van der Waals surface area contributed by atoms with Crippen molar-refractivity contribution < 1.29 is 18.7 Å². The van der Waals surface area contributed by atoms with Gasteiger partial charge in [-0.3, -0.25) is 4.90 Å². The van der Waals surface area contributed by atoms with Crippen LogP contribution in [0.3, 0.4) is 0 Å². The van der Waals surface area contributed by atoms with E-state index in [1.807, 2.05) is 37.9 Å². The predicted octanol–water partition coefficient (Wildman–Crippen LogP) is 5.34. The maximum absolute atomic E-state index is 13.3. The number of pyridine rings is 1. The van der Waals surface area contributed by atoms with Crippen LogP contribution in [0.2, 0.25) is 13.1 Å². The Kier molecular flexibility index (Phi) is 8.69. The van der Waals surface area contributed by atoms with Crippen LogP contribution in [-0.2, 0) is 9.16 Å². The Morgan fingerprint density at radius 2 is 1.70 bits per heavy atom. The van der Waals surface area contributed by atoms with Crippen molar-refractivity contribution in [3.05, 3.63) is 35.8 Å². The molecule has 0 radical (unpaired) electrons. The standard InChI is InChI=1S/C28H46N4O4Si/c1-19-12-13-20(2)32(19)24-16-23(34-9)21(17-29-24)30-14-15-31(26(33)35-28(6,7)8)22(18-30)25(27(3,4)5)36-37(10)11/h12-13,16-17,22,25,37H,14-15,18H2,1-11H3/t22-,25?/m0/s1. The van der Waals surface area contributed by atoms with Crippen LogP contribution in [0.15, 0.2) is 24.4 Å². The third-order valence-corrected chi connectivity index (χ3v) is 7.40. The van der Waals surface area contributed by atoms with Gasteiger partial charge in [-0.1, -0.05) is 20.8 Å². The summed E-state index contributed by atoms with van der Waals surface area (Å²) < 4.78 is 20.4. The van der Waals surface area contributed by atoms with Crippen LogP contribution in [0.1, 0.15) is 52.9 Å². The molecule has 0 saturated carbocycles. The highest BCUT2D eigenvalue weighted by Crippen LogP contribution is 2.36. The number of hydrogen-bond acceptors (Lipinski definition) is 6. The monoisotopic (exact) mass is 530 g/mol. The minimum atomic E-state index is -1.39. The highest BCUT2D eigenvalue weighted by Gasteiger charge is 2.43. The van der Waals surface area contributed by atoms with Crippen molar-refractivity contribution in [3.63, 3.8) is 0 Å². The van der Waals surface area contributed by atoms with Gasteiger partial charge < -0.3 is 23.4 Å². The first-order valence-corrected chi connectivity index (χ1v) is 16.0. The lowest BCUT2D eigenvalue weighted by molar-refractivity contribution is -0.0289. The van der Waals surface area contributed by atoms with Crippen molar-refractivity contribution in [2.75, 3.05) is 31.6 Å². The summed E-state index contributed by atoms with van der Waals surface area (Å²) in [5, 5.41) is 0. The van der Waals surface area contributed by atoms with Gasteiger partial charge in [0.05, 0.1) is 31.1 Å². The van der Waals surface area contributed by atoms with Crippen LogP contribution in [0, 0.1) is 19.3 Å². The topological polar surface area (TPSA) is 69.1 Å². The number of aromatic nitrogens is 2. The Morgan fingerprint density at radius 3 is 2.22 bits per heavy atom. The summed E-state index contributed by atoms with van der Waals surface area (Å²) >= 11 is 0. The van der Waals surface area contributed by atoms with Gasteiger partial charge in [-0.25, -0.2) is 9.78 Å². The summed E-state index contributed by atoms with van der Waals surface area (Å²) in [6, 6.07) is 5.98. The zero-order valence-corrected chi connectivity index (χ0v) is 25.7. The number of rotatable bonds is 6. The lowest BCUT2D eigenvalue weighted by Gasteiger charge is -2.49. The van der Waals surface area contributed by atoms with E-state index < -0.39 is 14.6 Å². The molecule has 1 unspecified atom stereocenters. The van der Waals surface area contributed by atoms with Gasteiger partial charge in [0, 0.05) is 37.1 Å². The molecule has 0 N–H and O–H groups in total. The summed E-state index contributed by atoms with van der Waals surface area (Å²) in [5.74, 6) is 1.58. The summed E-state index contributed by atoms with van der Waals surface area (Å²) in [5.41, 5.74) is 2.42. The zero-order chi connectivity index (χ0) is 27.7. The average Bonchev–Trinajstić information content (AvgIpc) is 3.12. The average molecular weight is 531 g/mol. The molecule has 3 heterocycles. The maximum Gasteiger partial charge on any atom is 0.410 e. The lowest BCUT2D eigenvalue weighted by Crippen LogP contribution is -2.63. The Balaban J connectivity index is 1.99. The normalized spacial score (nSPS) is 17.8. The minimum Gasteiger partial charge on any atom is -0.494 e. The second kappa shape index (κ2) is 11.1. The van der Waals surface area contributed by atoms with Crippen LogP contribution in [0.4, 0.5) is 10.5 Å². The molecule has 206 valence electrons. The van der Waals surface area contributed by atoms with Crippen LogP contribution in [-0.4, -0.2) is 74.1 Å². The number of carbonyl (C=O) groups excluding carboxylic acids is 1. The maximum atomic E-state index is 13.3. The molecule has 0 aromatic carbocycles. The number of methoxy groups -OCH3 is 1. The fraction of sp³-hybridized carbons (Fsp3) is 0.643. The molecule has 2 aromatic heterocycles. The molecular formula is C28H46N4O4Si. The highest BCUT2D eigenvalue weighted by molar-refractivity contribution is 6.48. The van der Waals surface area contributed by atoms with Gasteiger partial charge in [0.1, 0.15) is 17.2 Å². The van der Waals surface area contributed by atoms with E-state index in [1.165, 1.54) is 0 Å². The van der Waals surface area contributed by atoms with E-state index in [4.69, 9.17) is 18.9 Å². The predicted molar refractivity (Wildman–Crippen MR) is 152 cm³/mol. The van der Waals surface area contributed by atoms with Crippen molar-refractivity contribution in [1.29, 1.82) is 0 Å². The third kappa shape index (κ3) is 6.87. The summed E-state index contributed by atoms with van der Waals surface area (Å²) in [6.45, 7) is 22.5. The number of amides is 1. The fourth-order valence-electron chi connectivity index (χ4n) is 4.97. The largest absolute Gasteiger partial charge is 0.494 e. The Hall–Kier alpha value is -2.52. The van der Waals surface area contributed by atoms with Crippen molar-refractivity contribution >= 4 is 20.8 Å². The van der Waals surface area contributed by atoms with Gasteiger partial charge in [0.2, 0.25) is 0 Å². The van der Waals surface area contributed by atoms with Gasteiger partial charge >= 0.3 is 6.09 Å². The van der Waals surface area contributed by atoms with Crippen LogP contribution >= 0.6 is 0 Å². The van der Waals surface area contributed by atoms with E-state index in [9.17, 15) is 4.79 Å². The molecule has 8 nitrogen and oxygen atoms in total. The van der Waals surface area contributed by atoms with E-state index in [0.29, 0.717) is 19.6 Å². The lowest BCUT2D eigenvalue weighted by atomic mass is 9.83. The first-order valence-electron chi connectivity index (χ1n) is 13.2. The number of carbonyl (C=O) groups is 1. The molecule has 1 amide bonds. The van der Waals surface area contributed by atoms with Gasteiger partial charge in [0.15, 0.2) is 9.04 Å². The molecule has 2 aromatic rings. The van der Waals surface area contributed by atoms with Gasteiger partial charge in [-0.05, 0) is 65.3 Å². The zero-order valence-electron chi connectivity index (χ0n) is 24.6. The molecule has 0 bridgehead atoms. The second-order valence-corrected chi connectivity index (χ2v) is 14.7. The van der Waals surface area contributed by atoms with Crippen molar-refractivity contribution in [2.45, 2.75) is 86.2 Å². The third-order valence-electron chi connectivity index (χ3n) is 6.56. The van der Waals surface area contributed by atoms with Crippen LogP contribution in [0.5, 0.6) is 5.75 Å². The fourth-order valence-corrected chi connectivity index (χ4v) is 6.15. The van der Waals surface area contributed by atoms with E-state index >= 15 is 0 Å². The second-order valence-electron chi connectivity index (χ2n) is 12.3. The smallest absolute Gasteiger partial charge is 0.410 e. The highest BCUT2D eigenvalue weighted by atomic mass is 28.3. The molecule has 9 heteroatoms. The molecule has 1 saturated heterocycles. The summed E-state index contributed by atoms with van der Waals surface area (Å²) in [6.07, 6.45) is 1.45. The summed E-state index contributed by atoms with van der Waals surface area (Å²) in [7, 11) is 0.300. The number of aryl methyl sites for hydroxylation is 2. The molecule has 3 rings (SSSR count). The van der Waals surface area contributed by atoms with Gasteiger partial charge in [0.25, 0.3) is 0 Å². The molecule has 37 heavy (non-hydrogen) atoms. The van der Waals surface area contributed by atoms with Crippen LogP contribution < -0.4 is 9.64 Å². The number of piperazine rings is 1. The van der Waals surface area contributed by atoms with Crippen molar-refractivity contribution in [1.82, 2.24) is 14.5 Å². The molecule has 0 spiro atoms. The van der Waals surface area contributed by atoms with E-state index in [-0.39, 0.29) is 23.7 Å². The first kappa shape index (κ1) is 29.0. The summed E-state index contributed by atoms with van der Waals surface area (Å²) in [4.78, 5) is 22.3. The molecule has 1 aliphatic heterocycles. The van der Waals surface area contributed by atoms with Gasteiger partial charge in [-0.2, -0.15) is 0 Å². The Labute approximate surface area is 224 Å². The SMILES string of the molecule is COc1cc(-n2c(C)ccc2C)ncc1N1CCN(C(=O)OC(C)(C)C)[C@H](C(O[SiH](C)C)C(C)(C)C)C1.